The van der Waals surface area contributed by atoms with Gasteiger partial charge in [0.05, 0.1) is 12.0 Å². The molecular weight excluding hydrogens is 395 g/mol. The SMILES string of the molecule is O=C(NC1=CNC2CCC(OCC3CCC(C(F)(F)F)CC3)CC12)C1CC1(F)F. The predicted molar refractivity (Wildman–Crippen MR) is 94.8 cm³/mol. The molecule has 4 aliphatic rings. The minimum absolute atomic E-state index is 0.00559. The first kappa shape index (κ1) is 20.9. The van der Waals surface area contributed by atoms with E-state index in [0.29, 0.717) is 31.6 Å². The van der Waals surface area contributed by atoms with Gasteiger partial charge < -0.3 is 15.4 Å². The number of amides is 1. The van der Waals surface area contributed by atoms with E-state index in [9.17, 15) is 26.7 Å². The van der Waals surface area contributed by atoms with Gasteiger partial charge in [0.1, 0.15) is 5.92 Å². The highest BCUT2D eigenvalue weighted by Crippen LogP contribution is 2.49. The zero-order valence-electron chi connectivity index (χ0n) is 16.1. The van der Waals surface area contributed by atoms with Crippen LogP contribution in [0.5, 0.6) is 0 Å². The summed E-state index contributed by atoms with van der Waals surface area (Å²) >= 11 is 0. The summed E-state index contributed by atoms with van der Waals surface area (Å²) < 4.78 is 70.6. The number of alkyl halides is 5. The number of carbonyl (C=O) groups is 1. The van der Waals surface area contributed by atoms with Crippen molar-refractivity contribution in [2.45, 2.75) is 75.6 Å². The van der Waals surface area contributed by atoms with E-state index >= 15 is 0 Å². The fourth-order valence-corrected chi connectivity index (χ4v) is 4.91. The lowest BCUT2D eigenvalue weighted by atomic mass is 9.81. The maximum Gasteiger partial charge on any atom is 0.391 e. The van der Waals surface area contributed by atoms with Gasteiger partial charge in [-0.05, 0) is 50.9 Å². The van der Waals surface area contributed by atoms with E-state index < -0.39 is 36.3 Å². The van der Waals surface area contributed by atoms with Crippen LogP contribution in [-0.4, -0.2) is 36.8 Å². The molecule has 4 rings (SSSR count). The van der Waals surface area contributed by atoms with Gasteiger partial charge in [-0.15, -0.1) is 0 Å². The number of hydrogen-bond donors (Lipinski definition) is 2. The second-order valence-corrected chi connectivity index (χ2v) is 9.01. The van der Waals surface area contributed by atoms with Gasteiger partial charge in [-0.25, -0.2) is 8.78 Å². The molecule has 3 aliphatic carbocycles. The van der Waals surface area contributed by atoms with E-state index in [-0.39, 0.29) is 36.8 Å². The van der Waals surface area contributed by atoms with Gasteiger partial charge in [-0.3, -0.25) is 4.79 Å². The smallest absolute Gasteiger partial charge is 0.386 e. The van der Waals surface area contributed by atoms with Crippen LogP contribution in [0.25, 0.3) is 0 Å². The third-order valence-electron chi connectivity index (χ3n) is 6.94. The molecule has 4 atom stereocenters. The normalized spacial score (nSPS) is 38.6. The summed E-state index contributed by atoms with van der Waals surface area (Å²) in [6, 6.07) is 0.159. The van der Waals surface area contributed by atoms with Crippen molar-refractivity contribution in [2.75, 3.05) is 6.61 Å². The zero-order chi connectivity index (χ0) is 20.8. The quantitative estimate of drug-likeness (QED) is 0.656. The molecular formula is C20H27F5N2O2. The lowest BCUT2D eigenvalue weighted by molar-refractivity contribution is -0.185. The Bertz CT molecular complexity index is 658. The fraction of sp³-hybridized carbons (Fsp3) is 0.850. The van der Waals surface area contributed by atoms with Gasteiger partial charge >= 0.3 is 6.18 Å². The van der Waals surface area contributed by atoms with Crippen molar-refractivity contribution in [2.24, 2.45) is 23.7 Å². The zero-order valence-corrected chi connectivity index (χ0v) is 16.1. The monoisotopic (exact) mass is 422 g/mol. The lowest BCUT2D eigenvalue weighted by Crippen LogP contribution is -2.40. The van der Waals surface area contributed by atoms with Gasteiger partial charge in [0.2, 0.25) is 5.91 Å². The van der Waals surface area contributed by atoms with Gasteiger partial charge in [-0.1, -0.05) is 0 Å². The Morgan fingerprint density at radius 2 is 1.86 bits per heavy atom. The Labute approximate surface area is 166 Å². The van der Waals surface area contributed by atoms with Crippen molar-refractivity contribution in [3.63, 3.8) is 0 Å². The molecule has 3 fully saturated rings. The van der Waals surface area contributed by atoms with Crippen LogP contribution >= 0.6 is 0 Å². The summed E-state index contributed by atoms with van der Waals surface area (Å²) in [5.74, 6) is -5.78. The first-order chi connectivity index (χ1) is 13.6. The average Bonchev–Trinajstić information content (AvgIpc) is 3.14. The molecule has 0 aromatic heterocycles. The van der Waals surface area contributed by atoms with Gasteiger partial charge in [-0.2, -0.15) is 13.2 Å². The van der Waals surface area contributed by atoms with E-state index in [0.717, 1.165) is 12.8 Å². The first-order valence-electron chi connectivity index (χ1n) is 10.5. The van der Waals surface area contributed by atoms with Crippen LogP contribution in [0, 0.1) is 23.7 Å². The van der Waals surface area contributed by atoms with Crippen molar-refractivity contribution in [1.82, 2.24) is 10.6 Å². The molecule has 0 aromatic rings. The third-order valence-corrected chi connectivity index (χ3v) is 6.94. The molecule has 1 aliphatic heterocycles. The van der Waals surface area contributed by atoms with E-state index in [2.05, 4.69) is 10.6 Å². The molecule has 1 amide bonds. The highest BCUT2D eigenvalue weighted by atomic mass is 19.4. The maximum absolute atomic E-state index is 13.1. The third kappa shape index (κ3) is 4.70. The predicted octanol–water partition coefficient (Wildman–Crippen LogP) is 4.13. The van der Waals surface area contributed by atoms with Gasteiger partial charge in [0, 0.05) is 36.9 Å². The van der Waals surface area contributed by atoms with E-state index in [1.165, 1.54) is 0 Å². The molecule has 4 unspecified atom stereocenters. The molecule has 1 heterocycles. The molecule has 9 heteroatoms. The standard InChI is InChI=1S/C20H27F5N2O2/c21-19(22)8-15(19)18(28)27-17-9-26-16-6-5-13(7-14(16)17)29-10-11-1-3-12(4-2-11)20(23,24)25/h9,11-16,26H,1-8,10H2,(H,27,28). The highest BCUT2D eigenvalue weighted by molar-refractivity contribution is 5.84. The number of halogens is 5. The lowest BCUT2D eigenvalue weighted by Gasteiger charge is -2.35. The Hall–Kier alpha value is -1.38. The number of ether oxygens (including phenoxy) is 1. The maximum atomic E-state index is 13.1. The molecule has 0 aromatic carbocycles. The minimum Gasteiger partial charge on any atom is -0.386 e. The summed E-state index contributed by atoms with van der Waals surface area (Å²) in [6.45, 7) is 0.458. The number of fused-ring (bicyclic) bond motifs is 1. The van der Waals surface area contributed by atoms with E-state index in [1.807, 2.05) is 0 Å². The van der Waals surface area contributed by atoms with E-state index in [1.54, 1.807) is 6.20 Å². The van der Waals surface area contributed by atoms with Crippen molar-refractivity contribution in [3.8, 4) is 0 Å². The second-order valence-electron chi connectivity index (χ2n) is 9.01. The summed E-state index contributed by atoms with van der Waals surface area (Å²) in [6.07, 6.45) is 0.920. The topological polar surface area (TPSA) is 50.4 Å². The Kier molecular flexibility index (Phi) is 5.55. The Balaban J connectivity index is 1.22. The Morgan fingerprint density at radius 1 is 1.17 bits per heavy atom. The van der Waals surface area contributed by atoms with Crippen molar-refractivity contribution < 1.29 is 31.5 Å². The molecule has 29 heavy (non-hydrogen) atoms. The molecule has 0 radical (unpaired) electrons. The van der Waals surface area contributed by atoms with Gasteiger partial charge in [0.15, 0.2) is 0 Å². The summed E-state index contributed by atoms with van der Waals surface area (Å²) in [7, 11) is 0. The van der Waals surface area contributed by atoms with Crippen LogP contribution in [0.4, 0.5) is 22.0 Å². The molecule has 4 nitrogen and oxygen atoms in total. The molecule has 0 bridgehead atoms. The second kappa shape index (κ2) is 7.71. The number of nitrogens with one attached hydrogen (secondary N) is 2. The fourth-order valence-electron chi connectivity index (χ4n) is 4.91. The van der Waals surface area contributed by atoms with Gasteiger partial charge in [0.25, 0.3) is 5.92 Å². The van der Waals surface area contributed by atoms with Crippen LogP contribution in [0.2, 0.25) is 0 Å². The van der Waals surface area contributed by atoms with Crippen molar-refractivity contribution >= 4 is 5.91 Å². The van der Waals surface area contributed by atoms with Crippen LogP contribution < -0.4 is 10.6 Å². The van der Waals surface area contributed by atoms with Crippen molar-refractivity contribution in [3.05, 3.63) is 11.9 Å². The van der Waals surface area contributed by atoms with E-state index in [4.69, 9.17) is 4.74 Å². The summed E-state index contributed by atoms with van der Waals surface area (Å²) in [5, 5.41) is 5.87. The van der Waals surface area contributed by atoms with Crippen molar-refractivity contribution in [1.29, 1.82) is 0 Å². The highest BCUT2D eigenvalue weighted by Gasteiger charge is 2.61. The number of rotatable bonds is 5. The summed E-state index contributed by atoms with van der Waals surface area (Å²) in [5.41, 5.74) is 0.640. The first-order valence-corrected chi connectivity index (χ1v) is 10.5. The molecule has 2 N–H and O–H groups in total. The van der Waals surface area contributed by atoms with Crippen LogP contribution in [0.3, 0.4) is 0 Å². The molecule has 0 saturated heterocycles. The average molecular weight is 422 g/mol. The Morgan fingerprint density at radius 3 is 2.48 bits per heavy atom. The number of carbonyl (C=O) groups excluding carboxylic acids is 1. The minimum atomic E-state index is -4.10. The summed E-state index contributed by atoms with van der Waals surface area (Å²) in [4.78, 5) is 12.0. The largest absolute Gasteiger partial charge is 0.391 e. The van der Waals surface area contributed by atoms with Crippen LogP contribution in [-0.2, 0) is 9.53 Å². The molecule has 3 saturated carbocycles. The molecule has 164 valence electrons. The van der Waals surface area contributed by atoms with Crippen LogP contribution in [0.15, 0.2) is 11.9 Å². The number of hydrogen-bond acceptors (Lipinski definition) is 3. The molecule has 0 spiro atoms. The van der Waals surface area contributed by atoms with Crippen LogP contribution in [0.1, 0.15) is 51.4 Å².